The third kappa shape index (κ3) is 2.48. The number of halogens is 1. The summed E-state index contributed by atoms with van der Waals surface area (Å²) in [6.07, 6.45) is 2.87. The molecule has 1 aliphatic heterocycles. The van der Waals surface area contributed by atoms with Crippen LogP contribution in [0.4, 0.5) is 5.69 Å². The van der Waals surface area contributed by atoms with Gasteiger partial charge in [-0.05, 0) is 38.0 Å². The second-order valence-corrected chi connectivity index (χ2v) is 6.92. The van der Waals surface area contributed by atoms with Crippen molar-refractivity contribution in [1.29, 1.82) is 0 Å². The molecule has 1 atom stereocenters. The zero-order valence-electron chi connectivity index (χ0n) is 10.3. The Hall–Kier alpha value is -0.780. The lowest BCUT2D eigenvalue weighted by atomic mass is 10.1. The number of nitrogens with two attached hydrogens (primary N) is 1. The summed E-state index contributed by atoms with van der Waals surface area (Å²) in [6.45, 7) is 2.49. The van der Waals surface area contributed by atoms with E-state index in [9.17, 15) is 8.42 Å². The number of nitrogens with zero attached hydrogens (tertiary/aromatic N) is 1. The lowest BCUT2D eigenvalue weighted by Crippen LogP contribution is -2.42. The second-order valence-electron chi connectivity index (χ2n) is 4.65. The molecule has 1 aromatic carbocycles. The fraction of sp³-hybridized carbons (Fsp3) is 0.500. The van der Waals surface area contributed by atoms with Gasteiger partial charge < -0.3 is 5.73 Å². The van der Waals surface area contributed by atoms with Crippen LogP contribution in [-0.4, -0.2) is 25.3 Å². The van der Waals surface area contributed by atoms with Crippen LogP contribution in [0.5, 0.6) is 0 Å². The second kappa shape index (κ2) is 5.07. The number of anilines is 1. The number of nitrogen functional groups attached to an aromatic ring is 1. The normalized spacial score (nSPS) is 22.0. The minimum absolute atomic E-state index is 0.0253. The van der Waals surface area contributed by atoms with E-state index in [-0.39, 0.29) is 16.0 Å². The van der Waals surface area contributed by atoms with E-state index in [0.29, 0.717) is 12.2 Å². The average Bonchev–Trinajstić information content (AvgIpc) is 2.28. The first-order chi connectivity index (χ1) is 8.43. The standard InChI is InChI=1S/C12H17ClN2O2S/c1-9-4-2-3-7-15(9)18(16,17)12-6-5-10(14)8-11(12)13/h5-6,8-9H,2-4,7,14H2,1H3. The van der Waals surface area contributed by atoms with Crippen molar-refractivity contribution in [2.24, 2.45) is 0 Å². The third-order valence-corrected chi connectivity index (χ3v) is 5.78. The van der Waals surface area contributed by atoms with E-state index >= 15 is 0 Å². The molecule has 0 radical (unpaired) electrons. The number of rotatable bonds is 2. The van der Waals surface area contributed by atoms with Crippen LogP contribution in [0.25, 0.3) is 0 Å². The predicted octanol–water partition coefficient (Wildman–Crippen LogP) is 2.49. The van der Waals surface area contributed by atoms with E-state index in [0.717, 1.165) is 19.3 Å². The number of sulfonamides is 1. The molecule has 0 aliphatic carbocycles. The molecule has 1 aromatic rings. The fourth-order valence-electron chi connectivity index (χ4n) is 2.28. The third-order valence-electron chi connectivity index (χ3n) is 3.28. The maximum absolute atomic E-state index is 12.5. The van der Waals surface area contributed by atoms with E-state index in [1.165, 1.54) is 16.4 Å². The van der Waals surface area contributed by atoms with E-state index in [1.54, 1.807) is 6.07 Å². The molecular weight excluding hydrogens is 272 g/mol. The largest absolute Gasteiger partial charge is 0.399 e. The molecule has 0 bridgehead atoms. The first kappa shape index (κ1) is 13.6. The van der Waals surface area contributed by atoms with E-state index in [2.05, 4.69) is 0 Å². The molecule has 100 valence electrons. The molecule has 1 aliphatic rings. The smallest absolute Gasteiger partial charge is 0.244 e. The van der Waals surface area contributed by atoms with Crippen molar-refractivity contribution in [3.8, 4) is 0 Å². The lowest BCUT2D eigenvalue weighted by molar-refractivity contribution is 0.268. The number of hydrogen-bond acceptors (Lipinski definition) is 3. The van der Waals surface area contributed by atoms with Crippen molar-refractivity contribution in [2.45, 2.75) is 37.1 Å². The van der Waals surface area contributed by atoms with Crippen LogP contribution in [0.3, 0.4) is 0 Å². The topological polar surface area (TPSA) is 63.4 Å². The molecule has 2 rings (SSSR count). The molecule has 1 unspecified atom stereocenters. The first-order valence-corrected chi connectivity index (χ1v) is 7.81. The molecule has 6 heteroatoms. The van der Waals surface area contributed by atoms with Crippen molar-refractivity contribution in [3.05, 3.63) is 23.2 Å². The summed E-state index contributed by atoms with van der Waals surface area (Å²) in [5.74, 6) is 0. The quantitative estimate of drug-likeness (QED) is 0.851. The van der Waals surface area contributed by atoms with Crippen molar-refractivity contribution < 1.29 is 8.42 Å². The summed E-state index contributed by atoms with van der Waals surface area (Å²) in [4.78, 5) is 0.145. The number of hydrogen-bond donors (Lipinski definition) is 1. The number of benzene rings is 1. The zero-order chi connectivity index (χ0) is 13.3. The highest BCUT2D eigenvalue weighted by Crippen LogP contribution is 2.30. The van der Waals surface area contributed by atoms with Crippen LogP contribution in [0.15, 0.2) is 23.1 Å². The van der Waals surface area contributed by atoms with Crippen molar-refractivity contribution >= 4 is 27.3 Å². The molecule has 1 saturated heterocycles. The molecule has 0 aromatic heterocycles. The Kier molecular flexibility index (Phi) is 3.84. The van der Waals surface area contributed by atoms with Crippen LogP contribution in [-0.2, 0) is 10.0 Å². The monoisotopic (exact) mass is 288 g/mol. The zero-order valence-corrected chi connectivity index (χ0v) is 11.8. The Morgan fingerprint density at radius 2 is 2.11 bits per heavy atom. The first-order valence-electron chi connectivity index (χ1n) is 6.00. The summed E-state index contributed by atoms with van der Waals surface area (Å²) in [7, 11) is -3.51. The molecule has 18 heavy (non-hydrogen) atoms. The van der Waals surface area contributed by atoms with Crippen LogP contribution >= 0.6 is 11.6 Å². The van der Waals surface area contributed by atoms with E-state index in [1.807, 2.05) is 6.92 Å². The SMILES string of the molecule is CC1CCCCN1S(=O)(=O)c1ccc(N)cc1Cl. The van der Waals surface area contributed by atoms with Crippen molar-refractivity contribution in [2.75, 3.05) is 12.3 Å². The molecular formula is C12H17ClN2O2S. The Morgan fingerprint density at radius 3 is 2.72 bits per heavy atom. The van der Waals surface area contributed by atoms with Gasteiger partial charge in [0.15, 0.2) is 0 Å². The van der Waals surface area contributed by atoms with Crippen LogP contribution in [0.1, 0.15) is 26.2 Å². The molecule has 2 N–H and O–H groups in total. The van der Waals surface area contributed by atoms with E-state index in [4.69, 9.17) is 17.3 Å². The highest BCUT2D eigenvalue weighted by molar-refractivity contribution is 7.89. The maximum Gasteiger partial charge on any atom is 0.244 e. The Balaban J connectivity index is 2.41. The Labute approximate surface area is 113 Å². The Bertz CT molecular complexity index is 545. The van der Waals surface area contributed by atoms with Gasteiger partial charge in [-0.15, -0.1) is 0 Å². The minimum atomic E-state index is -3.51. The maximum atomic E-state index is 12.5. The predicted molar refractivity (Wildman–Crippen MR) is 73.1 cm³/mol. The average molecular weight is 289 g/mol. The lowest BCUT2D eigenvalue weighted by Gasteiger charge is -2.32. The van der Waals surface area contributed by atoms with E-state index < -0.39 is 10.0 Å². The van der Waals surface area contributed by atoms with Gasteiger partial charge in [0.25, 0.3) is 0 Å². The Morgan fingerprint density at radius 1 is 1.39 bits per heavy atom. The van der Waals surface area contributed by atoms with Crippen LogP contribution in [0, 0.1) is 0 Å². The van der Waals surface area contributed by atoms with Gasteiger partial charge in [-0.2, -0.15) is 4.31 Å². The summed E-state index contributed by atoms with van der Waals surface area (Å²) in [6, 6.07) is 4.54. The summed E-state index contributed by atoms with van der Waals surface area (Å²) < 4.78 is 26.6. The van der Waals surface area contributed by atoms with Crippen molar-refractivity contribution in [1.82, 2.24) is 4.31 Å². The van der Waals surface area contributed by atoms with Gasteiger partial charge in [-0.25, -0.2) is 8.42 Å². The van der Waals surface area contributed by atoms with Gasteiger partial charge in [0.05, 0.1) is 5.02 Å². The molecule has 0 saturated carbocycles. The summed E-state index contributed by atoms with van der Waals surface area (Å²) >= 11 is 6.00. The highest BCUT2D eigenvalue weighted by Gasteiger charge is 2.32. The summed E-state index contributed by atoms with van der Waals surface area (Å²) in [5.41, 5.74) is 6.05. The molecule has 1 heterocycles. The summed E-state index contributed by atoms with van der Waals surface area (Å²) in [5, 5.41) is 0.188. The number of piperidine rings is 1. The van der Waals surface area contributed by atoms with Gasteiger partial charge >= 0.3 is 0 Å². The molecule has 4 nitrogen and oxygen atoms in total. The molecule has 1 fully saturated rings. The molecule has 0 amide bonds. The van der Waals surface area contributed by atoms with Crippen LogP contribution < -0.4 is 5.73 Å². The van der Waals surface area contributed by atoms with Gasteiger partial charge in [0.2, 0.25) is 10.0 Å². The van der Waals surface area contributed by atoms with Crippen molar-refractivity contribution in [3.63, 3.8) is 0 Å². The van der Waals surface area contributed by atoms with Gasteiger partial charge in [-0.1, -0.05) is 18.0 Å². The minimum Gasteiger partial charge on any atom is -0.399 e. The molecule has 0 spiro atoms. The van der Waals surface area contributed by atoms with Crippen LogP contribution in [0.2, 0.25) is 5.02 Å². The van der Waals surface area contributed by atoms with Gasteiger partial charge in [-0.3, -0.25) is 0 Å². The van der Waals surface area contributed by atoms with Gasteiger partial charge in [0, 0.05) is 18.3 Å². The highest BCUT2D eigenvalue weighted by atomic mass is 35.5. The van der Waals surface area contributed by atoms with Gasteiger partial charge in [0.1, 0.15) is 4.90 Å². The fourth-order valence-corrected chi connectivity index (χ4v) is 4.51.